The minimum Gasteiger partial charge on any atom is -0.130 e. The van der Waals surface area contributed by atoms with Crippen molar-refractivity contribution < 1.29 is 0 Å². The molecule has 0 fully saturated rings. The van der Waals surface area contributed by atoms with Crippen LogP contribution in [0.5, 0.6) is 0 Å². The second kappa shape index (κ2) is 3.89. The fourth-order valence-electron chi connectivity index (χ4n) is 1.30. The molecule has 0 amide bonds. The van der Waals surface area contributed by atoms with E-state index in [0.29, 0.717) is 0 Å². The van der Waals surface area contributed by atoms with Gasteiger partial charge in [-0.15, -0.1) is 11.8 Å². The SMILES string of the molecule is CSc1cc(C)cc([Si](C)(C)C)c1. The minimum absolute atomic E-state index is 1.13. The van der Waals surface area contributed by atoms with Crippen molar-refractivity contribution in [2.75, 3.05) is 6.26 Å². The molecule has 0 aliphatic carbocycles. The second-order valence-electron chi connectivity index (χ2n) is 4.49. The smallest absolute Gasteiger partial charge is 0.0776 e. The predicted octanol–water partition coefficient (Wildman–Crippen LogP) is 3.26. The standard InChI is InChI=1S/C11H18SSi/c1-9-6-10(12-2)8-11(7-9)13(3,4)5/h6-8H,1-5H3. The summed E-state index contributed by atoms with van der Waals surface area (Å²) in [5.41, 5.74) is 1.39. The summed E-state index contributed by atoms with van der Waals surface area (Å²) in [6, 6.07) is 6.95. The normalized spacial score (nSPS) is 11.8. The Bertz CT molecular complexity index is 299. The molecule has 1 rings (SSSR count). The first-order chi connectivity index (χ1) is 5.93. The zero-order valence-corrected chi connectivity index (χ0v) is 11.0. The fourth-order valence-corrected chi connectivity index (χ4v) is 3.20. The Morgan fingerprint density at radius 2 is 1.69 bits per heavy atom. The summed E-state index contributed by atoms with van der Waals surface area (Å²) >= 11 is 1.84. The Hall–Kier alpha value is -0.213. The molecule has 1 aromatic carbocycles. The first kappa shape index (κ1) is 10.9. The maximum Gasteiger partial charge on any atom is 0.0776 e. The molecule has 2 heteroatoms. The molecular weight excluding hydrogens is 192 g/mol. The van der Waals surface area contributed by atoms with E-state index in [1.807, 2.05) is 11.8 Å². The third kappa shape index (κ3) is 2.88. The van der Waals surface area contributed by atoms with Gasteiger partial charge in [-0.3, -0.25) is 0 Å². The zero-order chi connectivity index (χ0) is 10.1. The molecule has 0 nitrogen and oxygen atoms in total. The highest BCUT2D eigenvalue weighted by Gasteiger charge is 2.16. The summed E-state index contributed by atoms with van der Waals surface area (Å²) in [7, 11) is -1.13. The van der Waals surface area contributed by atoms with Crippen molar-refractivity contribution in [3.63, 3.8) is 0 Å². The Morgan fingerprint density at radius 1 is 1.08 bits per heavy atom. The van der Waals surface area contributed by atoms with Gasteiger partial charge in [0, 0.05) is 4.90 Å². The fraction of sp³-hybridized carbons (Fsp3) is 0.455. The van der Waals surface area contributed by atoms with E-state index in [1.54, 1.807) is 5.19 Å². The molecular formula is C11H18SSi. The van der Waals surface area contributed by atoms with Crippen molar-refractivity contribution in [3.05, 3.63) is 23.8 Å². The van der Waals surface area contributed by atoms with E-state index in [1.165, 1.54) is 10.5 Å². The summed E-state index contributed by atoms with van der Waals surface area (Å²) < 4.78 is 0. The van der Waals surface area contributed by atoms with Gasteiger partial charge in [-0.2, -0.15) is 0 Å². The van der Waals surface area contributed by atoms with Crippen LogP contribution in [0.4, 0.5) is 0 Å². The summed E-state index contributed by atoms with van der Waals surface area (Å²) in [6.07, 6.45) is 2.14. The molecule has 1 aromatic rings. The Labute approximate surface area is 86.8 Å². The third-order valence-corrected chi connectivity index (χ3v) is 4.88. The number of hydrogen-bond donors (Lipinski definition) is 0. The molecule has 72 valence electrons. The monoisotopic (exact) mass is 210 g/mol. The van der Waals surface area contributed by atoms with Crippen LogP contribution in [-0.4, -0.2) is 14.3 Å². The van der Waals surface area contributed by atoms with Crippen LogP contribution < -0.4 is 5.19 Å². The van der Waals surface area contributed by atoms with Crippen LogP contribution in [0.2, 0.25) is 19.6 Å². The Kier molecular flexibility index (Phi) is 3.25. The highest BCUT2D eigenvalue weighted by Crippen LogP contribution is 2.16. The molecule has 13 heavy (non-hydrogen) atoms. The van der Waals surface area contributed by atoms with E-state index in [2.05, 4.69) is 51.0 Å². The number of benzene rings is 1. The van der Waals surface area contributed by atoms with Gasteiger partial charge < -0.3 is 0 Å². The van der Waals surface area contributed by atoms with E-state index in [-0.39, 0.29) is 0 Å². The van der Waals surface area contributed by atoms with E-state index in [0.717, 1.165) is 0 Å². The van der Waals surface area contributed by atoms with Gasteiger partial charge in [-0.05, 0) is 25.3 Å². The quantitative estimate of drug-likeness (QED) is 0.533. The van der Waals surface area contributed by atoms with Gasteiger partial charge in [0.1, 0.15) is 0 Å². The van der Waals surface area contributed by atoms with E-state index >= 15 is 0 Å². The number of hydrogen-bond acceptors (Lipinski definition) is 1. The number of aryl methyl sites for hydroxylation is 1. The molecule has 0 spiro atoms. The minimum atomic E-state index is -1.13. The summed E-state index contributed by atoms with van der Waals surface area (Å²) in [6.45, 7) is 9.37. The highest BCUT2D eigenvalue weighted by atomic mass is 32.2. The third-order valence-electron chi connectivity index (χ3n) is 2.15. The summed E-state index contributed by atoms with van der Waals surface area (Å²) in [5.74, 6) is 0. The lowest BCUT2D eigenvalue weighted by molar-refractivity contribution is 1.38. The molecule has 0 saturated heterocycles. The van der Waals surface area contributed by atoms with Gasteiger partial charge >= 0.3 is 0 Å². The second-order valence-corrected chi connectivity index (χ2v) is 10.4. The maximum absolute atomic E-state index is 2.39. The molecule has 0 radical (unpaired) electrons. The van der Waals surface area contributed by atoms with Crippen LogP contribution in [0.15, 0.2) is 23.1 Å². The first-order valence-electron chi connectivity index (χ1n) is 4.59. The van der Waals surface area contributed by atoms with E-state index < -0.39 is 8.07 Å². The van der Waals surface area contributed by atoms with Gasteiger partial charge in [0.05, 0.1) is 8.07 Å². The van der Waals surface area contributed by atoms with Crippen molar-refractivity contribution in [3.8, 4) is 0 Å². The summed E-state index contributed by atoms with van der Waals surface area (Å²) in [5, 5.41) is 1.57. The van der Waals surface area contributed by atoms with Crippen LogP contribution in [0.1, 0.15) is 5.56 Å². The predicted molar refractivity (Wildman–Crippen MR) is 65.9 cm³/mol. The number of thioether (sulfide) groups is 1. The Morgan fingerprint density at radius 3 is 2.15 bits per heavy atom. The lowest BCUT2D eigenvalue weighted by atomic mass is 10.2. The van der Waals surface area contributed by atoms with Gasteiger partial charge in [0.15, 0.2) is 0 Å². The molecule has 0 bridgehead atoms. The largest absolute Gasteiger partial charge is 0.130 e. The van der Waals surface area contributed by atoms with Crippen molar-refractivity contribution in [1.82, 2.24) is 0 Å². The van der Waals surface area contributed by atoms with Crippen molar-refractivity contribution >= 4 is 25.0 Å². The molecule has 0 heterocycles. The molecule has 0 aliphatic heterocycles. The van der Waals surface area contributed by atoms with Crippen LogP contribution in [-0.2, 0) is 0 Å². The van der Waals surface area contributed by atoms with Crippen LogP contribution in [0.25, 0.3) is 0 Å². The Balaban J connectivity index is 3.16. The lowest BCUT2D eigenvalue weighted by Gasteiger charge is -2.18. The summed E-state index contributed by atoms with van der Waals surface area (Å²) in [4.78, 5) is 1.40. The highest BCUT2D eigenvalue weighted by molar-refractivity contribution is 7.98. The van der Waals surface area contributed by atoms with Gasteiger partial charge in [0.25, 0.3) is 0 Å². The molecule has 0 atom stereocenters. The van der Waals surface area contributed by atoms with Crippen molar-refractivity contribution in [2.24, 2.45) is 0 Å². The van der Waals surface area contributed by atoms with Gasteiger partial charge in [0.2, 0.25) is 0 Å². The van der Waals surface area contributed by atoms with Gasteiger partial charge in [-0.25, -0.2) is 0 Å². The lowest BCUT2D eigenvalue weighted by Crippen LogP contribution is -2.37. The van der Waals surface area contributed by atoms with Crippen molar-refractivity contribution in [1.29, 1.82) is 0 Å². The van der Waals surface area contributed by atoms with Crippen LogP contribution in [0, 0.1) is 6.92 Å². The molecule has 0 N–H and O–H groups in total. The molecule has 0 aromatic heterocycles. The average molecular weight is 210 g/mol. The van der Waals surface area contributed by atoms with E-state index in [9.17, 15) is 0 Å². The average Bonchev–Trinajstić information content (AvgIpc) is 2.01. The zero-order valence-electron chi connectivity index (χ0n) is 9.14. The topological polar surface area (TPSA) is 0 Å². The first-order valence-corrected chi connectivity index (χ1v) is 9.32. The molecule has 0 unspecified atom stereocenters. The maximum atomic E-state index is 2.39. The van der Waals surface area contributed by atoms with Gasteiger partial charge in [-0.1, -0.05) is 36.5 Å². The van der Waals surface area contributed by atoms with Crippen molar-refractivity contribution in [2.45, 2.75) is 31.5 Å². The molecule has 0 saturated carbocycles. The number of rotatable bonds is 2. The molecule has 0 aliphatic rings. The van der Waals surface area contributed by atoms with Crippen LogP contribution in [0.3, 0.4) is 0 Å². The van der Waals surface area contributed by atoms with E-state index in [4.69, 9.17) is 0 Å². The van der Waals surface area contributed by atoms with Crippen LogP contribution >= 0.6 is 11.8 Å².